The number of hydrogen-bond acceptors (Lipinski definition) is 0. The van der Waals surface area contributed by atoms with Gasteiger partial charge >= 0.3 is 18.5 Å². The molecule has 0 aliphatic carbocycles. The fourth-order valence-corrected chi connectivity index (χ4v) is 2.24. The average molecular weight is 382 g/mol. The highest BCUT2D eigenvalue weighted by atomic mass is 35.5. The normalized spacial score (nSPS) is 13.4. The van der Waals surface area contributed by atoms with Gasteiger partial charge in [-0.05, 0) is 17.7 Å². The third-order valence-electron chi connectivity index (χ3n) is 2.98. The standard InChI is InChI=1S/C13H5ClF9N/c14-6-3-1-5(2-4-6)7-8(11(15,16)17)10(13(21,22)23)24-9(7)12(18,19)20/h1-4,24H. The molecule has 0 fully saturated rings. The van der Waals surface area contributed by atoms with Gasteiger partial charge in [-0.2, -0.15) is 39.5 Å². The zero-order valence-corrected chi connectivity index (χ0v) is 11.8. The van der Waals surface area contributed by atoms with E-state index in [1.165, 1.54) is 0 Å². The lowest BCUT2D eigenvalue weighted by molar-refractivity contribution is -0.163. The lowest BCUT2D eigenvalue weighted by Crippen LogP contribution is -2.16. The van der Waals surface area contributed by atoms with E-state index in [0.717, 1.165) is 29.2 Å². The number of alkyl halides is 9. The summed E-state index contributed by atoms with van der Waals surface area (Å²) >= 11 is 5.50. The van der Waals surface area contributed by atoms with Gasteiger partial charge in [-0.3, -0.25) is 0 Å². The van der Waals surface area contributed by atoms with Crippen LogP contribution in [0.5, 0.6) is 0 Å². The topological polar surface area (TPSA) is 15.8 Å². The van der Waals surface area contributed by atoms with Crippen LogP contribution in [0.15, 0.2) is 24.3 Å². The molecule has 11 heteroatoms. The Morgan fingerprint density at radius 3 is 1.50 bits per heavy atom. The molecule has 0 saturated heterocycles. The van der Waals surface area contributed by atoms with Crippen LogP contribution < -0.4 is 0 Å². The van der Waals surface area contributed by atoms with Gasteiger partial charge in [0.15, 0.2) is 0 Å². The maximum absolute atomic E-state index is 13.1. The monoisotopic (exact) mass is 381 g/mol. The molecule has 0 spiro atoms. The van der Waals surface area contributed by atoms with Gasteiger partial charge in [0.1, 0.15) is 11.4 Å². The first-order valence-corrected chi connectivity index (χ1v) is 6.34. The summed E-state index contributed by atoms with van der Waals surface area (Å²) in [7, 11) is 0. The van der Waals surface area contributed by atoms with Crippen LogP contribution >= 0.6 is 11.6 Å². The maximum Gasteiger partial charge on any atom is 0.431 e. The number of hydrogen-bond donors (Lipinski definition) is 1. The van der Waals surface area contributed by atoms with E-state index in [-0.39, 0.29) is 5.02 Å². The molecule has 2 rings (SSSR count). The predicted octanol–water partition coefficient (Wildman–Crippen LogP) is 6.39. The van der Waals surface area contributed by atoms with Crippen molar-refractivity contribution in [1.82, 2.24) is 4.98 Å². The highest BCUT2D eigenvalue weighted by Crippen LogP contribution is 2.50. The van der Waals surface area contributed by atoms with Crippen LogP contribution in [0.3, 0.4) is 0 Å². The summed E-state index contributed by atoms with van der Waals surface area (Å²) in [4.78, 5) is 0.847. The highest BCUT2D eigenvalue weighted by Gasteiger charge is 2.51. The number of H-pyrrole nitrogens is 1. The molecular weight excluding hydrogens is 377 g/mol. The molecule has 24 heavy (non-hydrogen) atoms. The van der Waals surface area contributed by atoms with Gasteiger partial charge in [0.25, 0.3) is 0 Å². The number of aromatic amines is 1. The molecule has 1 aromatic heterocycles. The second kappa shape index (κ2) is 5.61. The third kappa shape index (κ3) is 3.47. The van der Waals surface area contributed by atoms with Gasteiger partial charge in [0, 0.05) is 10.6 Å². The zero-order valence-electron chi connectivity index (χ0n) is 11.1. The van der Waals surface area contributed by atoms with E-state index in [1.807, 2.05) is 0 Å². The lowest BCUT2D eigenvalue weighted by Gasteiger charge is -2.14. The minimum absolute atomic E-state index is 0.00699. The fourth-order valence-electron chi connectivity index (χ4n) is 2.11. The van der Waals surface area contributed by atoms with Gasteiger partial charge < -0.3 is 4.98 Å². The summed E-state index contributed by atoms with van der Waals surface area (Å²) < 4.78 is 117. The predicted molar refractivity (Wildman–Crippen MR) is 66.2 cm³/mol. The number of halogens is 10. The first kappa shape index (κ1) is 18.5. The lowest BCUT2D eigenvalue weighted by atomic mass is 9.99. The largest absolute Gasteiger partial charge is 0.431 e. The second-order valence-electron chi connectivity index (χ2n) is 4.63. The first-order chi connectivity index (χ1) is 10.7. The van der Waals surface area contributed by atoms with Crippen molar-refractivity contribution in [3.8, 4) is 11.1 Å². The Morgan fingerprint density at radius 2 is 1.12 bits per heavy atom. The highest BCUT2D eigenvalue weighted by molar-refractivity contribution is 6.30. The van der Waals surface area contributed by atoms with Gasteiger partial charge in [0.05, 0.1) is 5.56 Å². The van der Waals surface area contributed by atoms with Crippen LogP contribution in [0.2, 0.25) is 5.02 Å². The molecule has 0 bridgehead atoms. The van der Waals surface area contributed by atoms with Crippen molar-refractivity contribution in [3.05, 3.63) is 46.2 Å². The number of nitrogens with one attached hydrogen (secondary N) is 1. The molecule has 0 aliphatic heterocycles. The fraction of sp³-hybridized carbons (Fsp3) is 0.231. The average Bonchev–Trinajstić information content (AvgIpc) is 2.79. The SMILES string of the molecule is FC(F)(F)c1[nH]c(C(F)(F)F)c(C(F)(F)F)c1-c1ccc(Cl)cc1. The molecule has 0 atom stereocenters. The van der Waals surface area contributed by atoms with E-state index in [2.05, 4.69) is 0 Å². The Morgan fingerprint density at radius 1 is 0.667 bits per heavy atom. The van der Waals surface area contributed by atoms with E-state index >= 15 is 0 Å². The molecule has 0 unspecified atom stereocenters. The smallest absolute Gasteiger partial charge is 0.346 e. The van der Waals surface area contributed by atoms with Crippen molar-refractivity contribution in [3.63, 3.8) is 0 Å². The number of benzene rings is 1. The Bertz CT molecular complexity index is 735. The molecule has 0 amide bonds. The molecule has 1 heterocycles. The van der Waals surface area contributed by atoms with Crippen molar-refractivity contribution in [1.29, 1.82) is 0 Å². The van der Waals surface area contributed by atoms with Crippen molar-refractivity contribution >= 4 is 11.6 Å². The van der Waals surface area contributed by atoms with Crippen LogP contribution in [0.4, 0.5) is 39.5 Å². The van der Waals surface area contributed by atoms with E-state index in [9.17, 15) is 39.5 Å². The summed E-state index contributed by atoms with van der Waals surface area (Å²) in [5.41, 5.74) is -9.40. The van der Waals surface area contributed by atoms with Crippen molar-refractivity contribution < 1.29 is 39.5 Å². The quantitative estimate of drug-likeness (QED) is 0.551. The Hall–Kier alpha value is -1.84. The molecular formula is C13H5ClF9N. The molecule has 1 nitrogen and oxygen atoms in total. The van der Waals surface area contributed by atoms with Gasteiger partial charge in [-0.25, -0.2) is 0 Å². The van der Waals surface area contributed by atoms with Crippen molar-refractivity contribution in [2.75, 3.05) is 0 Å². The van der Waals surface area contributed by atoms with Crippen LogP contribution in [0.25, 0.3) is 11.1 Å². The van der Waals surface area contributed by atoms with Crippen molar-refractivity contribution in [2.45, 2.75) is 18.5 Å². The van der Waals surface area contributed by atoms with Crippen LogP contribution in [0, 0.1) is 0 Å². The van der Waals surface area contributed by atoms with Gasteiger partial charge in [-0.15, -0.1) is 0 Å². The summed E-state index contributed by atoms with van der Waals surface area (Å²) in [6, 6.07) is 3.49. The van der Waals surface area contributed by atoms with E-state index in [0.29, 0.717) is 0 Å². The minimum Gasteiger partial charge on any atom is -0.346 e. The van der Waals surface area contributed by atoms with Crippen LogP contribution in [-0.2, 0) is 18.5 Å². The molecule has 132 valence electrons. The van der Waals surface area contributed by atoms with E-state index in [1.54, 1.807) is 0 Å². The molecule has 0 radical (unpaired) electrons. The Kier molecular flexibility index (Phi) is 4.32. The summed E-state index contributed by atoms with van der Waals surface area (Å²) in [6.45, 7) is 0. The molecule has 0 aliphatic rings. The minimum atomic E-state index is -5.67. The Labute approximate surface area is 133 Å². The van der Waals surface area contributed by atoms with Gasteiger partial charge in [0.2, 0.25) is 0 Å². The molecule has 2 aromatic rings. The van der Waals surface area contributed by atoms with E-state index in [4.69, 9.17) is 11.6 Å². The number of rotatable bonds is 1. The summed E-state index contributed by atoms with van der Waals surface area (Å²) in [5, 5.41) is -0.00699. The maximum atomic E-state index is 13.1. The van der Waals surface area contributed by atoms with Crippen molar-refractivity contribution in [2.24, 2.45) is 0 Å². The first-order valence-electron chi connectivity index (χ1n) is 5.96. The second-order valence-corrected chi connectivity index (χ2v) is 5.06. The van der Waals surface area contributed by atoms with Crippen LogP contribution in [0.1, 0.15) is 17.0 Å². The Balaban J connectivity index is 2.93. The molecule has 1 N–H and O–H groups in total. The molecule has 0 saturated carbocycles. The number of aromatic nitrogens is 1. The van der Waals surface area contributed by atoms with Gasteiger partial charge in [-0.1, -0.05) is 23.7 Å². The summed E-state index contributed by atoms with van der Waals surface area (Å²) in [5.74, 6) is 0. The summed E-state index contributed by atoms with van der Waals surface area (Å²) in [6.07, 6.45) is -16.8. The van der Waals surface area contributed by atoms with Crippen LogP contribution in [-0.4, -0.2) is 4.98 Å². The molecule has 1 aromatic carbocycles. The zero-order chi connectivity index (χ0) is 18.5. The third-order valence-corrected chi connectivity index (χ3v) is 3.24. The van der Waals surface area contributed by atoms with E-state index < -0.39 is 46.6 Å².